The van der Waals surface area contributed by atoms with Crippen molar-refractivity contribution in [2.75, 3.05) is 31.2 Å². The molecule has 1 atom stereocenters. The Balaban J connectivity index is 1.90. The summed E-state index contributed by atoms with van der Waals surface area (Å²) in [5.41, 5.74) is 0. The van der Waals surface area contributed by atoms with Gasteiger partial charge in [0.25, 0.3) is 0 Å². The van der Waals surface area contributed by atoms with Gasteiger partial charge in [-0.1, -0.05) is 13.8 Å². The van der Waals surface area contributed by atoms with Gasteiger partial charge in [-0.05, 0) is 43.1 Å². The van der Waals surface area contributed by atoms with Crippen molar-refractivity contribution in [3.8, 4) is 0 Å². The lowest BCUT2D eigenvalue weighted by Crippen LogP contribution is -2.34. The summed E-state index contributed by atoms with van der Waals surface area (Å²) in [7, 11) is 0. The van der Waals surface area contributed by atoms with E-state index in [1.165, 1.54) is 37.2 Å². The minimum absolute atomic E-state index is 0.813. The maximum absolute atomic E-state index is 5.75. The molecule has 15 heavy (non-hydrogen) atoms. The predicted octanol–water partition coefficient (Wildman–Crippen LogP) is 3.18. The van der Waals surface area contributed by atoms with E-state index in [2.05, 4.69) is 18.9 Å². The van der Waals surface area contributed by atoms with Crippen LogP contribution >= 0.6 is 11.8 Å². The van der Waals surface area contributed by atoms with Gasteiger partial charge in [-0.3, -0.25) is 4.84 Å². The van der Waals surface area contributed by atoms with Gasteiger partial charge in [0.15, 0.2) is 0 Å². The van der Waals surface area contributed by atoms with Crippen molar-refractivity contribution in [1.82, 2.24) is 5.06 Å². The van der Waals surface area contributed by atoms with Gasteiger partial charge in [-0.25, -0.2) is 0 Å². The first-order valence-electron chi connectivity index (χ1n) is 6.28. The fourth-order valence-electron chi connectivity index (χ4n) is 1.86. The van der Waals surface area contributed by atoms with Crippen LogP contribution in [0.3, 0.4) is 0 Å². The molecule has 0 N–H and O–H groups in total. The fraction of sp³-hybridized carbons (Fsp3) is 1.00. The summed E-state index contributed by atoms with van der Waals surface area (Å²) >= 11 is 2.04. The number of hydrogen-bond acceptors (Lipinski definition) is 3. The Bertz CT molecular complexity index is 155. The molecule has 0 aromatic carbocycles. The summed E-state index contributed by atoms with van der Waals surface area (Å²) in [6, 6.07) is 0. The normalized spacial score (nSPS) is 23.2. The van der Waals surface area contributed by atoms with E-state index in [0.29, 0.717) is 0 Å². The van der Waals surface area contributed by atoms with Crippen LogP contribution in [-0.2, 0) is 4.84 Å². The summed E-state index contributed by atoms with van der Waals surface area (Å²) in [6.45, 7) is 7.71. The Morgan fingerprint density at radius 2 is 2.27 bits per heavy atom. The maximum Gasteiger partial charge on any atom is 0.0692 e. The lowest BCUT2D eigenvalue weighted by molar-refractivity contribution is -0.176. The van der Waals surface area contributed by atoms with E-state index in [1.807, 2.05) is 11.8 Å². The van der Waals surface area contributed by atoms with Gasteiger partial charge in [-0.2, -0.15) is 16.8 Å². The Hall–Kier alpha value is 0.270. The van der Waals surface area contributed by atoms with Crippen molar-refractivity contribution in [2.24, 2.45) is 5.92 Å². The molecule has 2 nitrogen and oxygen atoms in total. The molecule has 0 amide bonds. The molecule has 1 unspecified atom stereocenters. The van der Waals surface area contributed by atoms with Crippen LogP contribution in [0.2, 0.25) is 0 Å². The average Bonchev–Trinajstić information content (AvgIpc) is 2.23. The number of hydroxylamine groups is 2. The van der Waals surface area contributed by atoms with Crippen LogP contribution in [0.25, 0.3) is 0 Å². The highest BCUT2D eigenvalue weighted by Crippen LogP contribution is 2.15. The minimum atomic E-state index is 0.813. The molecule has 0 radical (unpaired) electrons. The zero-order valence-electron chi connectivity index (χ0n) is 10.2. The lowest BCUT2D eigenvalue weighted by Gasteiger charge is -2.29. The number of piperidine rings is 1. The van der Waals surface area contributed by atoms with Crippen molar-refractivity contribution in [3.63, 3.8) is 0 Å². The molecule has 0 aromatic rings. The van der Waals surface area contributed by atoms with Crippen molar-refractivity contribution in [1.29, 1.82) is 0 Å². The fourth-order valence-corrected chi connectivity index (χ4v) is 2.68. The second kappa shape index (κ2) is 8.43. The SMILES string of the molecule is CCCSCCCON1CCCC(C)C1. The molecular formula is C12H25NOS. The van der Waals surface area contributed by atoms with E-state index < -0.39 is 0 Å². The van der Waals surface area contributed by atoms with Crippen LogP contribution in [0.1, 0.15) is 39.5 Å². The average molecular weight is 231 g/mol. The smallest absolute Gasteiger partial charge is 0.0692 e. The first-order chi connectivity index (χ1) is 7.33. The van der Waals surface area contributed by atoms with Crippen LogP contribution in [0.5, 0.6) is 0 Å². The summed E-state index contributed by atoms with van der Waals surface area (Å²) in [5, 5.41) is 2.17. The lowest BCUT2D eigenvalue weighted by atomic mass is 10.0. The molecule has 1 aliphatic rings. The zero-order chi connectivity index (χ0) is 10.9. The van der Waals surface area contributed by atoms with E-state index in [0.717, 1.165) is 25.6 Å². The van der Waals surface area contributed by atoms with Crippen LogP contribution in [-0.4, -0.2) is 36.3 Å². The molecular weight excluding hydrogens is 206 g/mol. The van der Waals surface area contributed by atoms with Crippen LogP contribution in [0.4, 0.5) is 0 Å². The molecule has 0 bridgehead atoms. The molecule has 3 heteroatoms. The highest BCUT2D eigenvalue weighted by atomic mass is 32.2. The van der Waals surface area contributed by atoms with Crippen LogP contribution in [0, 0.1) is 5.92 Å². The third kappa shape index (κ3) is 6.44. The second-order valence-electron chi connectivity index (χ2n) is 4.43. The molecule has 1 saturated heterocycles. The minimum Gasteiger partial charge on any atom is -0.299 e. The summed E-state index contributed by atoms with van der Waals surface area (Å²) in [4.78, 5) is 5.75. The second-order valence-corrected chi connectivity index (χ2v) is 5.66. The standard InChI is InChI=1S/C12H25NOS/c1-3-9-15-10-5-8-14-13-7-4-6-12(2)11-13/h12H,3-11H2,1-2H3. The highest BCUT2D eigenvalue weighted by Gasteiger charge is 2.16. The van der Waals surface area contributed by atoms with Crippen molar-refractivity contribution in [2.45, 2.75) is 39.5 Å². The van der Waals surface area contributed by atoms with Crippen LogP contribution in [0.15, 0.2) is 0 Å². The monoisotopic (exact) mass is 231 g/mol. The molecule has 1 aliphatic heterocycles. The van der Waals surface area contributed by atoms with Gasteiger partial charge in [0.1, 0.15) is 0 Å². The van der Waals surface area contributed by atoms with Gasteiger partial charge >= 0.3 is 0 Å². The molecule has 1 fully saturated rings. The number of thioether (sulfide) groups is 1. The maximum atomic E-state index is 5.75. The highest BCUT2D eigenvalue weighted by molar-refractivity contribution is 7.99. The van der Waals surface area contributed by atoms with E-state index in [4.69, 9.17) is 4.84 Å². The zero-order valence-corrected chi connectivity index (χ0v) is 11.0. The van der Waals surface area contributed by atoms with E-state index in [1.54, 1.807) is 0 Å². The molecule has 0 spiro atoms. The molecule has 0 saturated carbocycles. The summed E-state index contributed by atoms with van der Waals surface area (Å²) in [5.74, 6) is 3.35. The van der Waals surface area contributed by atoms with Gasteiger partial charge < -0.3 is 0 Å². The Labute approximate surface area is 98.7 Å². The predicted molar refractivity (Wildman–Crippen MR) is 68.2 cm³/mol. The molecule has 0 aromatic heterocycles. The Kier molecular flexibility index (Phi) is 7.49. The van der Waals surface area contributed by atoms with Crippen molar-refractivity contribution < 1.29 is 4.84 Å². The van der Waals surface area contributed by atoms with E-state index in [9.17, 15) is 0 Å². The molecule has 1 rings (SSSR count). The molecule has 1 heterocycles. The van der Waals surface area contributed by atoms with Crippen molar-refractivity contribution >= 4 is 11.8 Å². The Morgan fingerprint density at radius 3 is 3.00 bits per heavy atom. The topological polar surface area (TPSA) is 12.5 Å². The van der Waals surface area contributed by atoms with Crippen molar-refractivity contribution in [3.05, 3.63) is 0 Å². The molecule has 0 aliphatic carbocycles. The van der Waals surface area contributed by atoms with Crippen LogP contribution < -0.4 is 0 Å². The largest absolute Gasteiger partial charge is 0.299 e. The van der Waals surface area contributed by atoms with Gasteiger partial charge in [0.05, 0.1) is 6.61 Å². The van der Waals surface area contributed by atoms with Gasteiger partial charge in [0.2, 0.25) is 0 Å². The number of nitrogens with zero attached hydrogens (tertiary/aromatic N) is 1. The van der Waals surface area contributed by atoms with E-state index >= 15 is 0 Å². The van der Waals surface area contributed by atoms with Gasteiger partial charge in [0, 0.05) is 13.1 Å². The van der Waals surface area contributed by atoms with Gasteiger partial charge in [-0.15, -0.1) is 0 Å². The number of rotatable bonds is 7. The molecule has 90 valence electrons. The van der Waals surface area contributed by atoms with E-state index in [-0.39, 0.29) is 0 Å². The summed E-state index contributed by atoms with van der Waals surface area (Å²) < 4.78 is 0. The quantitative estimate of drug-likeness (QED) is 0.624. The third-order valence-electron chi connectivity index (χ3n) is 2.68. The number of hydrogen-bond donors (Lipinski definition) is 0. The summed E-state index contributed by atoms with van der Waals surface area (Å²) in [6.07, 6.45) is 5.14. The Morgan fingerprint density at radius 1 is 1.40 bits per heavy atom. The first kappa shape index (κ1) is 13.3. The third-order valence-corrected chi connectivity index (χ3v) is 3.95. The first-order valence-corrected chi connectivity index (χ1v) is 7.44.